The number of para-hydroxylation sites is 1. The summed E-state index contributed by atoms with van der Waals surface area (Å²) in [5, 5.41) is 4.77. The quantitative estimate of drug-likeness (QED) is 0.189. The standard InChI is InChI=1S/C52H49N3/c1-34-11-9-13-41(31-34)55-49-17-8-6-15-46(49)51-35(2)43(28-29-50(51)55)37-20-24-40(25-21-37)54(39-22-18-36(19-23-39)38-12-10-30-53-33-38)42-26-27-45-44-14-5-7-16-47(44)52(3,4)48(45)32-42/h5-18,20-22,24-29,32-35,43,53H,19,23,30-31H2,1-4H3. The molecule has 1 aromatic heterocycles. The predicted molar refractivity (Wildman–Crippen MR) is 233 cm³/mol. The summed E-state index contributed by atoms with van der Waals surface area (Å²) >= 11 is 0. The van der Waals surface area contributed by atoms with Gasteiger partial charge in [-0.3, -0.25) is 0 Å². The molecule has 4 aromatic carbocycles. The molecular formula is C52H49N3. The smallest absolute Gasteiger partial charge is 0.0534 e. The number of hydrogen-bond donors (Lipinski definition) is 1. The lowest BCUT2D eigenvalue weighted by molar-refractivity contribution is 0.660. The first kappa shape index (κ1) is 33.7. The van der Waals surface area contributed by atoms with E-state index in [0.717, 1.165) is 25.8 Å². The third kappa shape index (κ3) is 5.55. The highest BCUT2D eigenvalue weighted by molar-refractivity contribution is 5.93. The van der Waals surface area contributed by atoms with Crippen LogP contribution in [-0.2, 0) is 5.41 Å². The Labute approximate surface area is 326 Å². The molecule has 0 amide bonds. The van der Waals surface area contributed by atoms with Gasteiger partial charge in [0.25, 0.3) is 0 Å². The Bertz CT molecular complexity index is 2580. The van der Waals surface area contributed by atoms with Crippen LogP contribution in [0.25, 0.3) is 33.8 Å². The average Bonchev–Trinajstić information content (AvgIpc) is 3.68. The van der Waals surface area contributed by atoms with Gasteiger partial charge in [-0.25, -0.2) is 0 Å². The van der Waals surface area contributed by atoms with E-state index < -0.39 is 0 Å². The van der Waals surface area contributed by atoms with Crippen LogP contribution in [0.2, 0.25) is 0 Å². The Morgan fingerprint density at radius 1 is 0.764 bits per heavy atom. The highest BCUT2D eigenvalue weighted by Gasteiger charge is 2.36. The molecule has 5 aromatic rings. The van der Waals surface area contributed by atoms with Crippen molar-refractivity contribution < 1.29 is 0 Å². The van der Waals surface area contributed by atoms with Gasteiger partial charge in [0.15, 0.2) is 0 Å². The molecule has 0 radical (unpaired) electrons. The summed E-state index contributed by atoms with van der Waals surface area (Å²) in [5.41, 5.74) is 18.7. The Kier molecular flexibility index (Phi) is 8.10. The van der Waals surface area contributed by atoms with E-state index in [9.17, 15) is 0 Å². The van der Waals surface area contributed by atoms with Crippen molar-refractivity contribution in [1.82, 2.24) is 9.88 Å². The number of nitrogens with zero attached hydrogens (tertiary/aromatic N) is 2. The van der Waals surface area contributed by atoms with Crippen molar-refractivity contribution in [3.63, 3.8) is 0 Å². The number of fused-ring (bicyclic) bond motifs is 6. The normalized spacial score (nSPS) is 21.9. The Morgan fingerprint density at radius 2 is 1.56 bits per heavy atom. The summed E-state index contributed by atoms with van der Waals surface area (Å²) < 4.78 is 2.53. The average molecular weight is 716 g/mol. The van der Waals surface area contributed by atoms with Gasteiger partial charge in [-0.05, 0) is 124 Å². The zero-order chi connectivity index (χ0) is 37.3. The van der Waals surface area contributed by atoms with Gasteiger partial charge < -0.3 is 14.8 Å². The van der Waals surface area contributed by atoms with E-state index in [1.807, 2.05) is 0 Å². The number of aromatic nitrogens is 1. The molecule has 5 aliphatic rings. The van der Waals surface area contributed by atoms with Crippen molar-refractivity contribution in [2.45, 2.75) is 64.2 Å². The molecule has 1 aliphatic heterocycles. The summed E-state index contributed by atoms with van der Waals surface area (Å²) in [6.45, 7) is 10.4. The Morgan fingerprint density at radius 3 is 2.36 bits per heavy atom. The number of hydrogen-bond acceptors (Lipinski definition) is 2. The van der Waals surface area contributed by atoms with Crippen LogP contribution < -0.4 is 10.2 Å². The van der Waals surface area contributed by atoms with Crippen molar-refractivity contribution in [2.24, 2.45) is 5.92 Å². The monoisotopic (exact) mass is 715 g/mol. The molecule has 4 aliphatic carbocycles. The third-order valence-electron chi connectivity index (χ3n) is 12.9. The lowest BCUT2D eigenvalue weighted by Gasteiger charge is -2.32. The van der Waals surface area contributed by atoms with E-state index in [2.05, 4.69) is 194 Å². The highest BCUT2D eigenvalue weighted by atomic mass is 15.1. The predicted octanol–water partition coefficient (Wildman–Crippen LogP) is 13.1. The first-order valence-corrected chi connectivity index (χ1v) is 20.2. The molecule has 3 unspecified atom stereocenters. The van der Waals surface area contributed by atoms with E-state index in [1.54, 1.807) is 0 Å². The van der Waals surface area contributed by atoms with E-state index in [1.165, 1.54) is 83.9 Å². The van der Waals surface area contributed by atoms with E-state index in [-0.39, 0.29) is 11.3 Å². The van der Waals surface area contributed by atoms with Crippen LogP contribution in [0.15, 0.2) is 163 Å². The Hall–Kier alpha value is -5.80. The third-order valence-corrected chi connectivity index (χ3v) is 12.9. The molecule has 0 saturated carbocycles. The van der Waals surface area contributed by atoms with Gasteiger partial charge >= 0.3 is 0 Å². The zero-order valence-corrected chi connectivity index (χ0v) is 32.4. The number of allylic oxidation sites excluding steroid dienone is 11. The number of benzene rings is 4. The molecule has 0 saturated heterocycles. The summed E-state index contributed by atoms with van der Waals surface area (Å²) in [6, 6.07) is 34.6. The molecule has 0 fully saturated rings. The maximum absolute atomic E-state index is 3.39. The van der Waals surface area contributed by atoms with Crippen LogP contribution in [0.3, 0.4) is 0 Å². The van der Waals surface area contributed by atoms with Crippen LogP contribution >= 0.6 is 0 Å². The zero-order valence-electron chi connectivity index (χ0n) is 32.4. The van der Waals surface area contributed by atoms with Gasteiger partial charge in [-0.2, -0.15) is 0 Å². The summed E-state index contributed by atoms with van der Waals surface area (Å²) in [4.78, 5) is 2.51. The fourth-order valence-electron chi connectivity index (χ4n) is 10.0. The molecule has 1 N–H and O–H groups in total. The van der Waals surface area contributed by atoms with Gasteiger partial charge in [0.1, 0.15) is 0 Å². The van der Waals surface area contributed by atoms with E-state index >= 15 is 0 Å². The first-order chi connectivity index (χ1) is 26.9. The summed E-state index contributed by atoms with van der Waals surface area (Å²) in [5.74, 6) is 1.17. The van der Waals surface area contributed by atoms with Crippen molar-refractivity contribution >= 4 is 34.1 Å². The van der Waals surface area contributed by atoms with Gasteiger partial charge in [0.05, 0.1) is 5.52 Å². The van der Waals surface area contributed by atoms with Crippen LogP contribution in [0.4, 0.5) is 11.4 Å². The Balaban J connectivity index is 1.03. The molecular weight excluding hydrogens is 667 g/mol. The van der Waals surface area contributed by atoms with Gasteiger partial charge in [-0.15, -0.1) is 0 Å². The van der Waals surface area contributed by atoms with Crippen LogP contribution in [-0.4, -0.2) is 11.1 Å². The molecule has 3 nitrogen and oxygen atoms in total. The maximum atomic E-state index is 3.39. The van der Waals surface area contributed by atoms with Crippen LogP contribution in [0.5, 0.6) is 0 Å². The molecule has 55 heavy (non-hydrogen) atoms. The largest absolute Gasteiger partial charge is 0.387 e. The molecule has 3 heteroatoms. The molecule has 3 atom stereocenters. The lowest BCUT2D eigenvalue weighted by atomic mass is 9.78. The minimum Gasteiger partial charge on any atom is -0.387 e. The molecule has 272 valence electrons. The van der Waals surface area contributed by atoms with Gasteiger partial charge in [0.2, 0.25) is 0 Å². The van der Waals surface area contributed by atoms with Gasteiger partial charge in [-0.1, -0.05) is 125 Å². The van der Waals surface area contributed by atoms with Gasteiger partial charge in [0, 0.05) is 57.9 Å². The van der Waals surface area contributed by atoms with Crippen LogP contribution in [0.1, 0.15) is 86.7 Å². The summed E-state index contributed by atoms with van der Waals surface area (Å²) in [6.07, 6.45) is 26.1. The van der Waals surface area contributed by atoms with Crippen LogP contribution in [0, 0.1) is 5.92 Å². The van der Waals surface area contributed by atoms with Crippen molar-refractivity contribution in [3.05, 3.63) is 191 Å². The van der Waals surface area contributed by atoms with Crippen molar-refractivity contribution in [3.8, 4) is 11.1 Å². The lowest BCUT2D eigenvalue weighted by Crippen LogP contribution is -2.20. The minimum absolute atomic E-state index is 0.0633. The van der Waals surface area contributed by atoms with E-state index in [0.29, 0.717) is 11.8 Å². The SMILES string of the molecule is CC1C=CC=C(n2c3c(c4ccccc42)C(C)C(c2ccc(N(C4=CC=C(C5=CNCC=C5)CC4)c4ccc5c(c4)C(C)(C)c4ccccc4-5)cc2)C=C3)C1. The molecule has 2 heterocycles. The number of rotatable bonds is 6. The van der Waals surface area contributed by atoms with Crippen molar-refractivity contribution in [1.29, 1.82) is 0 Å². The first-order valence-electron chi connectivity index (χ1n) is 20.2. The number of dihydropyridines is 1. The maximum Gasteiger partial charge on any atom is 0.0534 e. The van der Waals surface area contributed by atoms with Crippen molar-refractivity contribution in [2.75, 3.05) is 11.4 Å². The second kappa shape index (κ2) is 13.2. The second-order valence-corrected chi connectivity index (χ2v) is 16.6. The molecule has 10 rings (SSSR count). The fraction of sp³-hybridized carbons (Fsp3) is 0.231. The number of anilines is 2. The van der Waals surface area contributed by atoms with E-state index in [4.69, 9.17) is 0 Å². The molecule has 0 bridgehead atoms. The fourth-order valence-corrected chi connectivity index (χ4v) is 10.0. The number of nitrogens with one attached hydrogen (secondary N) is 1. The minimum atomic E-state index is -0.0633. The highest BCUT2D eigenvalue weighted by Crippen LogP contribution is 2.51. The summed E-state index contributed by atoms with van der Waals surface area (Å²) in [7, 11) is 0. The topological polar surface area (TPSA) is 20.2 Å². The molecule has 0 spiro atoms. The second-order valence-electron chi connectivity index (χ2n) is 16.6.